The molecule has 0 saturated carbocycles. The largest absolute Gasteiger partial charge is 0.351 e. The number of aryl methyl sites for hydroxylation is 1. The van der Waals surface area contributed by atoms with Gasteiger partial charge < -0.3 is 10.2 Å². The summed E-state index contributed by atoms with van der Waals surface area (Å²) in [7, 11) is 2.14. The Kier molecular flexibility index (Phi) is 6.21. The fourth-order valence-corrected chi connectivity index (χ4v) is 3.76. The van der Waals surface area contributed by atoms with Crippen LogP contribution in [0.2, 0.25) is 0 Å². The smallest absolute Gasteiger partial charge is 0.185 e. The molecule has 0 atom stereocenters. The third kappa shape index (κ3) is 5.09. The van der Waals surface area contributed by atoms with E-state index < -0.39 is 0 Å². The third-order valence-corrected chi connectivity index (χ3v) is 5.53. The topological polar surface area (TPSA) is 28.2 Å². The maximum atomic E-state index is 4.72. The van der Waals surface area contributed by atoms with Gasteiger partial charge in [0.15, 0.2) is 5.13 Å². The van der Waals surface area contributed by atoms with Gasteiger partial charge in [-0.05, 0) is 37.3 Å². The lowest BCUT2D eigenvalue weighted by molar-refractivity contribution is 0.554. The number of thiophene rings is 1. The second kappa shape index (κ2) is 7.92. The molecule has 0 radical (unpaired) electrons. The minimum absolute atomic E-state index is 0.686. The molecule has 21 heavy (non-hydrogen) atoms. The first-order chi connectivity index (χ1) is 10.1. The lowest BCUT2D eigenvalue weighted by Gasteiger charge is -2.14. The summed E-state index contributed by atoms with van der Waals surface area (Å²) >= 11 is 3.64. The number of hydrogen-bond acceptors (Lipinski definition) is 5. The van der Waals surface area contributed by atoms with E-state index in [1.54, 1.807) is 0 Å². The number of nitrogens with one attached hydrogen (secondary N) is 1. The van der Waals surface area contributed by atoms with Gasteiger partial charge in [0.1, 0.15) is 0 Å². The van der Waals surface area contributed by atoms with Gasteiger partial charge in [0.05, 0.1) is 5.69 Å². The monoisotopic (exact) mass is 323 g/mol. The van der Waals surface area contributed by atoms with E-state index in [1.807, 2.05) is 22.7 Å². The van der Waals surface area contributed by atoms with Crippen LogP contribution >= 0.6 is 22.7 Å². The van der Waals surface area contributed by atoms with E-state index in [1.165, 1.54) is 9.75 Å². The lowest BCUT2D eigenvalue weighted by atomic mass is 10.2. The molecule has 0 saturated heterocycles. The molecule has 5 heteroatoms. The van der Waals surface area contributed by atoms with Crippen LogP contribution in [0.15, 0.2) is 17.5 Å². The first kappa shape index (κ1) is 16.5. The zero-order valence-corrected chi connectivity index (χ0v) is 15.0. The maximum Gasteiger partial charge on any atom is 0.185 e. The average molecular weight is 324 g/mol. The molecule has 2 rings (SSSR count). The first-order valence-corrected chi connectivity index (χ1v) is 9.16. The molecular weight excluding hydrogens is 298 g/mol. The quantitative estimate of drug-likeness (QED) is 0.797. The Morgan fingerprint density at radius 3 is 2.86 bits per heavy atom. The molecule has 1 N–H and O–H groups in total. The molecule has 2 aromatic rings. The number of nitrogens with zero attached hydrogens (tertiary/aromatic N) is 2. The minimum Gasteiger partial charge on any atom is -0.351 e. The van der Waals surface area contributed by atoms with Crippen molar-refractivity contribution in [3.05, 3.63) is 33.0 Å². The molecule has 0 aliphatic rings. The number of thiazole rings is 1. The number of likely N-dealkylation sites (N-methyl/N-ethyl adjacent to an activating group) is 1. The van der Waals surface area contributed by atoms with Crippen molar-refractivity contribution in [2.24, 2.45) is 5.92 Å². The van der Waals surface area contributed by atoms with Gasteiger partial charge in [-0.2, -0.15) is 0 Å². The molecule has 116 valence electrons. The van der Waals surface area contributed by atoms with Crippen molar-refractivity contribution in [1.29, 1.82) is 0 Å². The Bertz CT molecular complexity index is 532. The van der Waals surface area contributed by atoms with Gasteiger partial charge in [0.25, 0.3) is 0 Å². The lowest BCUT2D eigenvalue weighted by Crippen LogP contribution is -2.19. The van der Waals surface area contributed by atoms with Gasteiger partial charge in [-0.3, -0.25) is 0 Å². The van der Waals surface area contributed by atoms with E-state index in [2.05, 4.69) is 55.5 Å². The van der Waals surface area contributed by atoms with Crippen LogP contribution < -0.4 is 10.2 Å². The van der Waals surface area contributed by atoms with Gasteiger partial charge in [0.2, 0.25) is 0 Å². The van der Waals surface area contributed by atoms with E-state index in [4.69, 9.17) is 4.98 Å². The van der Waals surface area contributed by atoms with E-state index >= 15 is 0 Å². The van der Waals surface area contributed by atoms with E-state index in [-0.39, 0.29) is 0 Å². The highest BCUT2D eigenvalue weighted by Crippen LogP contribution is 2.25. The zero-order chi connectivity index (χ0) is 15.2. The number of aromatic nitrogens is 1. The van der Waals surface area contributed by atoms with Gasteiger partial charge in [-0.25, -0.2) is 4.98 Å². The van der Waals surface area contributed by atoms with Crippen molar-refractivity contribution >= 4 is 27.8 Å². The van der Waals surface area contributed by atoms with Crippen molar-refractivity contribution in [1.82, 2.24) is 10.3 Å². The fraction of sp³-hybridized carbons (Fsp3) is 0.562. The Morgan fingerprint density at radius 1 is 1.38 bits per heavy atom. The van der Waals surface area contributed by atoms with Gasteiger partial charge in [-0.15, -0.1) is 22.7 Å². The van der Waals surface area contributed by atoms with E-state index in [0.29, 0.717) is 5.92 Å². The van der Waals surface area contributed by atoms with E-state index in [0.717, 1.165) is 36.9 Å². The highest BCUT2D eigenvalue weighted by molar-refractivity contribution is 7.15. The highest BCUT2D eigenvalue weighted by atomic mass is 32.1. The van der Waals surface area contributed by atoms with Crippen LogP contribution in [-0.4, -0.2) is 25.1 Å². The van der Waals surface area contributed by atoms with Crippen LogP contribution in [0.3, 0.4) is 0 Å². The standard InChI is InChI=1S/C16H25N3S2/c1-12(2)10-17-11-15-13(3)18-16(21-15)19(4)8-7-14-6-5-9-20-14/h5-6,9,12,17H,7-8,10-11H2,1-4H3. The summed E-state index contributed by atoms with van der Waals surface area (Å²) in [6.07, 6.45) is 1.09. The summed E-state index contributed by atoms with van der Waals surface area (Å²) in [6.45, 7) is 9.58. The molecule has 3 nitrogen and oxygen atoms in total. The second-order valence-electron chi connectivity index (χ2n) is 5.78. The van der Waals surface area contributed by atoms with Crippen LogP contribution in [0.25, 0.3) is 0 Å². The van der Waals surface area contributed by atoms with Crippen molar-refractivity contribution in [3.8, 4) is 0 Å². The minimum atomic E-state index is 0.686. The highest BCUT2D eigenvalue weighted by Gasteiger charge is 2.11. The predicted molar refractivity (Wildman–Crippen MR) is 94.7 cm³/mol. The van der Waals surface area contributed by atoms with Crippen LogP contribution in [0.5, 0.6) is 0 Å². The Labute approximate surface area is 136 Å². The summed E-state index contributed by atoms with van der Waals surface area (Å²) in [4.78, 5) is 9.78. The number of anilines is 1. The molecule has 0 unspecified atom stereocenters. The first-order valence-electron chi connectivity index (χ1n) is 7.46. The summed E-state index contributed by atoms with van der Waals surface area (Å²) in [5.74, 6) is 0.686. The fourth-order valence-electron chi connectivity index (χ4n) is 2.04. The molecule has 0 aliphatic heterocycles. The van der Waals surface area contributed by atoms with Crippen LogP contribution in [0.4, 0.5) is 5.13 Å². The van der Waals surface area contributed by atoms with E-state index in [9.17, 15) is 0 Å². The second-order valence-corrected chi connectivity index (χ2v) is 7.88. The van der Waals surface area contributed by atoms with Gasteiger partial charge in [0, 0.05) is 29.9 Å². The molecule has 0 fully saturated rings. The Morgan fingerprint density at radius 2 is 2.19 bits per heavy atom. The molecule has 0 amide bonds. The number of rotatable bonds is 8. The molecule has 0 spiro atoms. The Balaban J connectivity index is 1.87. The summed E-state index contributed by atoms with van der Waals surface area (Å²) in [5.41, 5.74) is 1.16. The average Bonchev–Trinajstić information content (AvgIpc) is 3.06. The zero-order valence-electron chi connectivity index (χ0n) is 13.3. The van der Waals surface area contributed by atoms with Crippen molar-refractivity contribution < 1.29 is 0 Å². The van der Waals surface area contributed by atoms with Crippen molar-refractivity contribution in [3.63, 3.8) is 0 Å². The van der Waals surface area contributed by atoms with Crippen molar-refractivity contribution in [2.45, 2.75) is 33.7 Å². The SMILES string of the molecule is Cc1nc(N(C)CCc2cccs2)sc1CNCC(C)C. The molecule has 0 aromatic carbocycles. The summed E-state index contributed by atoms with van der Waals surface area (Å²) in [6, 6.07) is 4.32. The van der Waals surface area contributed by atoms with Gasteiger partial charge in [-0.1, -0.05) is 19.9 Å². The van der Waals surface area contributed by atoms with Crippen LogP contribution in [0.1, 0.15) is 29.3 Å². The number of hydrogen-bond donors (Lipinski definition) is 1. The molecule has 2 heterocycles. The van der Waals surface area contributed by atoms with Crippen molar-refractivity contribution in [2.75, 3.05) is 25.0 Å². The summed E-state index contributed by atoms with van der Waals surface area (Å²) in [5, 5.41) is 6.77. The molecule has 2 aromatic heterocycles. The summed E-state index contributed by atoms with van der Waals surface area (Å²) < 4.78 is 0. The third-order valence-electron chi connectivity index (χ3n) is 3.32. The normalized spacial score (nSPS) is 11.3. The van der Waals surface area contributed by atoms with Crippen LogP contribution in [-0.2, 0) is 13.0 Å². The molecule has 0 bridgehead atoms. The Hall–Kier alpha value is -0.910. The molecular formula is C16H25N3S2. The maximum absolute atomic E-state index is 4.72. The molecule has 0 aliphatic carbocycles. The predicted octanol–water partition coefficient (Wildman–Crippen LogP) is 3.94. The van der Waals surface area contributed by atoms with Crippen LogP contribution in [0, 0.1) is 12.8 Å². The van der Waals surface area contributed by atoms with Gasteiger partial charge >= 0.3 is 0 Å².